The van der Waals surface area contributed by atoms with Crippen LogP contribution in [0.25, 0.3) is 0 Å². The highest BCUT2D eigenvalue weighted by molar-refractivity contribution is 5.73. The van der Waals surface area contributed by atoms with E-state index in [0.717, 1.165) is 0 Å². The SMILES string of the molecule is CCOc1ccccc1OCCNC(C(=O)O)C(C)C. The number of benzene rings is 1. The summed E-state index contributed by atoms with van der Waals surface area (Å²) < 4.78 is 11.1. The molecule has 0 saturated heterocycles. The molecule has 0 aliphatic rings. The van der Waals surface area contributed by atoms with Crippen molar-refractivity contribution < 1.29 is 19.4 Å². The lowest BCUT2D eigenvalue weighted by atomic mass is 10.1. The zero-order chi connectivity index (χ0) is 15.0. The lowest BCUT2D eigenvalue weighted by Crippen LogP contribution is -2.42. The van der Waals surface area contributed by atoms with Gasteiger partial charge in [-0.15, -0.1) is 0 Å². The van der Waals surface area contributed by atoms with Crippen LogP contribution < -0.4 is 14.8 Å². The fraction of sp³-hybridized carbons (Fsp3) is 0.533. The van der Waals surface area contributed by atoms with Crippen molar-refractivity contribution in [1.82, 2.24) is 5.32 Å². The Morgan fingerprint density at radius 3 is 2.35 bits per heavy atom. The molecule has 1 aromatic carbocycles. The maximum Gasteiger partial charge on any atom is 0.320 e. The summed E-state index contributed by atoms with van der Waals surface area (Å²) in [7, 11) is 0. The first-order valence-electron chi connectivity index (χ1n) is 6.87. The minimum absolute atomic E-state index is 0.0308. The molecule has 1 atom stereocenters. The first-order valence-corrected chi connectivity index (χ1v) is 6.87. The van der Waals surface area contributed by atoms with Gasteiger partial charge in [0.2, 0.25) is 0 Å². The highest BCUT2D eigenvalue weighted by Crippen LogP contribution is 2.26. The van der Waals surface area contributed by atoms with Gasteiger partial charge in [0.25, 0.3) is 0 Å². The Morgan fingerprint density at radius 2 is 1.85 bits per heavy atom. The molecule has 2 N–H and O–H groups in total. The Balaban J connectivity index is 2.43. The van der Waals surface area contributed by atoms with Crippen LogP contribution in [0.3, 0.4) is 0 Å². The highest BCUT2D eigenvalue weighted by atomic mass is 16.5. The van der Waals surface area contributed by atoms with Gasteiger partial charge in [0.1, 0.15) is 12.6 Å². The fourth-order valence-electron chi connectivity index (χ4n) is 1.83. The number of nitrogens with one attached hydrogen (secondary N) is 1. The summed E-state index contributed by atoms with van der Waals surface area (Å²) >= 11 is 0. The van der Waals surface area contributed by atoms with E-state index < -0.39 is 12.0 Å². The van der Waals surface area contributed by atoms with Crippen molar-refractivity contribution in [2.75, 3.05) is 19.8 Å². The Bertz CT molecular complexity index is 420. The number of hydrogen-bond donors (Lipinski definition) is 2. The molecule has 112 valence electrons. The van der Waals surface area contributed by atoms with E-state index in [0.29, 0.717) is 31.3 Å². The molecule has 1 aromatic rings. The van der Waals surface area contributed by atoms with E-state index in [4.69, 9.17) is 14.6 Å². The van der Waals surface area contributed by atoms with Gasteiger partial charge in [-0.3, -0.25) is 4.79 Å². The minimum atomic E-state index is -0.838. The number of carboxylic acids is 1. The van der Waals surface area contributed by atoms with E-state index in [1.165, 1.54) is 0 Å². The Hall–Kier alpha value is -1.75. The van der Waals surface area contributed by atoms with E-state index in [1.54, 1.807) is 0 Å². The number of para-hydroxylation sites is 2. The summed E-state index contributed by atoms with van der Waals surface area (Å²) in [5.41, 5.74) is 0. The van der Waals surface area contributed by atoms with E-state index in [2.05, 4.69) is 5.32 Å². The summed E-state index contributed by atoms with van der Waals surface area (Å²) in [6.07, 6.45) is 0. The number of ether oxygens (including phenoxy) is 2. The summed E-state index contributed by atoms with van der Waals surface area (Å²) in [6, 6.07) is 6.89. The van der Waals surface area contributed by atoms with Crippen LogP contribution >= 0.6 is 0 Å². The summed E-state index contributed by atoms with van der Waals surface area (Å²) in [4.78, 5) is 11.0. The van der Waals surface area contributed by atoms with Gasteiger partial charge in [-0.1, -0.05) is 26.0 Å². The van der Waals surface area contributed by atoms with Crippen molar-refractivity contribution in [3.8, 4) is 11.5 Å². The van der Waals surface area contributed by atoms with Crippen molar-refractivity contribution in [2.24, 2.45) is 5.92 Å². The molecule has 0 bridgehead atoms. The largest absolute Gasteiger partial charge is 0.490 e. The summed E-state index contributed by atoms with van der Waals surface area (Å²) in [5, 5.41) is 12.0. The second-order valence-corrected chi connectivity index (χ2v) is 4.74. The van der Waals surface area contributed by atoms with Crippen LogP contribution in [0.2, 0.25) is 0 Å². The maximum absolute atomic E-state index is 11.0. The molecule has 0 amide bonds. The topological polar surface area (TPSA) is 67.8 Å². The standard InChI is InChI=1S/C15H23NO4/c1-4-19-12-7-5-6-8-13(12)20-10-9-16-14(11(2)3)15(17)18/h5-8,11,14,16H,4,9-10H2,1-3H3,(H,17,18). The molecular weight excluding hydrogens is 258 g/mol. The number of hydrogen-bond acceptors (Lipinski definition) is 4. The molecule has 0 saturated carbocycles. The van der Waals surface area contributed by atoms with E-state index in [9.17, 15) is 4.79 Å². The van der Waals surface area contributed by atoms with Crippen molar-refractivity contribution >= 4 is 5.97 Å². The molecule has 1 rings (SSSR count). The molecule has 0 radical (unpaired) electrons. The third-order valence-electron chi connectivity index (χ3n) is 2.81. The van der Waals surface area contributed by atoms with Crippen LogP contribution in [-0.4, -0.2) is 36.9 Å². The normalized spacial score (nSPS) is 12.2. The first-order chi connectivity index (χ1) is 9.56. The minimum Gasteiger partial charge on any atom is -0.490 e. The molecule has 5 nitrogen and oxygen atoms in total. The molecule has 0 fully saturated rings. The van der Waals surface area contributed by atoms with E-state index >= 15 is 0 Å². The van der Waals surface area contributed by atoms with Crippen LogP contribution in [0.4, 0.5) is 0 Å². The fourth-order valence-corrected chi connectivity index (χ4v) is 1.83. The Morgan fingerprint density at radius 1 is 1.25 bits per heavy atom. The average molecular weight is 281 g/mol. The molecule has 0 aromatic heterocycles. The predicted molar refractivity (Wildman–Crippen MR) is 77.4 cm³/mol. The monoisotopic (exact) mass is 281 g/mol. The molecule has 0 aliphatic heterocycles. The highest BCUT2D eigenvalue weighted by Gasteiger charge is 2.20. The van der Waals surface area contributed by atoms with Gasteiger partial charge < -0.3 is 19.9 Å². The molecule has 0 heterocycles. The molecule has 20 heavy (non-hydrogen) atoms. The van der Waals surface area contributed by atoms with Crippen LogP contribution in [-0.2, 0) is 4.79 Å². The van der Waals surface area contributed by atoms with E-state index in [1.807, 2.05) is 45.0 Å². The second kappa shape index (κ2) is 8.43. The van der Waals surface area contributed by atoms with Crippen molar-refractivity contribution in [1.29, 1.82) is 0 Å². The van der Waals surface area contributed by atoms with Crippen LogP contribution in [0.1, 0.15) is 20.8 Å². The van der Waals surface area contributed by atoms with Crippen molar-refractivity contribution in [3.63, 3.8) is 0 Å². The van der Waals surface area contributed by atoms with Gasteiger partial charge in [-0.05, 0) is 25.0 Å². The van der Waals surface area contributed by atoms with Gasteiger partial charge in [0, 0.05) is 6.54 Å². The smallest absolute Gasteiger partial charge is 0.320 e. The average Bonchev–Trinajstić information content (AvgIpc) is 2.39. The molecule has 1 unspecified atom stereocenters. The molecular formula is C15H23NO4. The zero-order valence-electron chi connectivity index (χ0n) is 12.3. The van der Waals surface area contributed by atoms with Gasteiger partial charge >= 0.3 is 5.97 Å². The summed E-state index contributed by atoms with van der Waals surface area (Å²) in [5.74, 6) is 0.569. The third-order valence-corrected chi connectivity index (χ3v) is 2.81. The van der Waals surface area contributed by atoms with Gasteiger partial charge in [-0.25, -0.2) is 0 Å². The predicted octanol–water partition coefficient (Wildman–Crippen LogP) is 2.16. The maximum atomic E-state index is 11.0. The van der Waals surface area contributed by atoms with Gasteiger partial charge in [0.15, 0.2) is 11.5 Å². The van der Waals surface area contributed by atoms with Crippen molar-refractivity contribution in [2.45, 2.75) is 26.8 Å². The first kappa shape index (κ1) is 16.3. The van der Waals surface area contributed by atoms with Gasteiger partial charge in [-0.2, -0.15) is 0 Å². The quantitative estimate of drug-likeness (QED) is 0.679. The Kier molecular flexibility index (Phi) is 6.87. The molecule has 5 heteroatoms. The number of aliphatic carboxylic acids is 1. The van der Waals surface area contributed by atoms with Crippen LogP contribution in [0, 0.1) is 5.92 Å². The number of carbonyl (C=O) groups is 1. The summed E-state index contributed by atoms with van der Waals surface area (Å²) in [6.45, 7) is 7.09. The molecule has 0 aliphatic carbocycles. The van der Waals surface area contributed by atoms with E-state index in [-0.39, 0.29) is 5.92 Å². The van der Waals surface area contributed by atoms with Crippen molar-refractivity contribution in [3.05, 3.63) is 24.3 Å². The second-order valence-electron chi connectivity index (χ2n) is 4.74. The third kappa shape index (κ3) is 5.09. The zero-order valence-corrected chi connectivity index (χ0v) is 12.3. The number of rotatable bonds is 9. The van der Waals surface area contributed by atoms with Crippen LogP contribution in [0.5, 0.6) is 11.5 Å². The number of carboxylic acid groups (broad SMARTS) is 1. The molecule has 0 spiro atoms. The van der Waals surface area contributed by atoms with Gasteiger partial charge in [0.05, 0.1) is 6.61 Å². The van der Waals surface area contributed by atoms with Crippen LogP contribution in [0.15, 0.2) is 24.3 Å². The Labute approximate surface area is 119 Å². The lowest BCUT2D eigenvalue weighted by Gasteiger charge is -2.18. The lowest BCUT2D eigenvalue weighted by molar-refractivity contribution is -0.140.